The normalized spacial score (nSPS) is 13.6. The first-order valence-electron chi connectivity index (χ1n) is 13.5. The van der Waals surface area contributed by atoms with Gasteiger partial charge in [0.25, 0.3) is 0 Å². The number of aliphatic hydroxyl groups is 1. The summed E-state index contributed by atoms with van der Waals surface area (Å²) < 4.78 is 5.38. The van der Waals surface area contributed by atoms with E-state index in [1.165, 1.54) is 0 Å². The summed E-state index contributed by atoms with van der Waals surface area (Å²) >= 11 is 0. The lowest BCUT2D eigenvalue weighted by Gasteiger charge is -2.30. The Morgan fingerprint density at radius 1 is 0.769 bits per heavy atom. The summed E-state index contributed by atoms with van der Waals surface area (Å²) in [5, 5.41) is 10.2. The number of carbonyl (C=O) groups excluding carboxylic acids is 2. The molecule has 5 rings (SSSR count). The summed E-state index contributed by atoms with van der Waals surface area (Å²) in [4.78, 5) is 27.3. The quantitative estimate of drug-likeness (QED) is 0.275. The van der Waals surface area contributed by atoms with E-state index in [1.54, 1.807) is 18.2 Å². The third kappa shape index (κ3) is 7.29. The second-order valence-corrected chi connectivity index (χ2v) is 9.40. The van der Waals surface area contributed by atoms with Gasteiger partial charge in [-0.25, -0.2) is 0 Å². The van der Waals surface area contributed by atoms with Gasteiger partial charge in [0.05, 0.1) is 13.2 Å². The average molecular weight is 522 g/mol. The lowest BCUT2D eigenvalue weighted by Crippen LogP contribution is -2.37. The van der Waals surface area contributed by atoms with E-state index in [0.717, 1.165) is 48.3 Å². The zero-order valence-electron chi connectivity index (χ0n) is 22.3. The van der Waals surface area contributed by atoms with E-state index in [1.807, 2.05) is 91.0 Å². The fraction of sp³-hybridized carbons (Fsp3) is 0.235. The van der Waals surface area contributed by atoms with Gasteiger partial charge in [-0.2, -0.15) is 0 Å². The van der Waals surface area contributed by atoms with E-state index >= 15 is 0 Å². The minimum Gasteiger partial charge on any atom is -0.380 e. The maximum Gasteiger partial charge on any atom is 0.196 e. The predicted molar refractivity (Wildman–Crippen MR) is 156 cm³/mol. The van der Waals surface area contributed by atoms with E-state index in [4.69, 9.17) is 4.74 Å². The van der Waals surface area contributed by atoms with E-state index < -0.39 is 6.10 Å². The molecular formula is C34H35NO4. The van der Waals surface area contributed by atoms with Gasteiger partial charge >= 0.3 is 0 Å². The molecule has 1 heterocycles. The Hall–Kier alpha value is -4.06. The van der Waals surface area contributed by atoms with Crippen LogP contribution in [-0.4, -0.2) is 43.0 Å². The SMILES string of the molecule is CCCc1ccccc1C(=O)C(O)c1ccccc1.O=C(c1ccccc1)c1ccccc1N1CCOCC1. The first kappa shape index (κ1) is 28.0. The fourth-order valence-electron chi connectivity index (χ4n) is 4.67. The van der Waals surface area contributed by atoms with Crippen molar-refractivity contribution in [2.24, 2.45) is 0 Å². The van der Waals surface area contributed by atoms with Crippen LogP contribution in [0.15, 0.2) is 109 Å². The standard InChI is InChI=1S/C17H17NO2.C17H18O2/c19-17(14-6-2-1-3-7-14)15-8-4-5-9-16(15)18-10-12-20-13-11-18;1-2-8-13-9-6-7-12-15(13)17(19)16(18)14-10-4-3-5-11-14/h1-9H,10-13H2;3-7,9-12,16,18H,2,8H2,1H3. The second kappa shape index (κ2) is 14.2. The minimum atomic E-state index is -1.08. The summed E-state index contributed by atoms with van der Waals surface area (Å²) in [6.07, 6.45) is 0.744. The van der Waals surface area contributed by atoms with Gasteiger partial charge in [0.1, 0.15) is 6.10 Å². The van der Waals surface area contributed by atoms with Gasteiger partial charge in [-0.15, -0.1) is 0 Å². The Labute approximate surface area is 230 Å². The molecule has 0 bridgehead atoms. The van der Waals surface area contributed by atoms with Crippen molar-refractivity contribution in [3.8, 4) is 0 Å². The van der Waals surface area contributed by atoms with Gasteiger partial charge in [0.15, 0.2) is 11.6 Å². The zero-order valence-corrected chi connectivity index (χ0v) is 22.3. The van der Waals surface area contributed by atoms with Crippen LogP contribution < -0.4 is 4.90 Å². The molecule has 1 atom stereocenters. The van der Waals surface area contributed by atoms with Crippen LogP contribution in [0.3, 0.4) is 0 Å². The smallest absolute Gasteiger partial charge is 0.196 e. The van der Waals surface area contributed by atoms with Crippen LogP contribution in [0.5, 0.6) is 0 Å². The van der Waals surface area contributed by atoms with Gasteiger partial charge < -0.3 is 14.7 Å². The highest BCUT2D eigenvalue weighted by Crippen LogP contribution is 2.24. The molecule has 1 fully saturated rings. The van der Waals surface area contributed by atoms with Crippen molar-refractivity contribution in [1.29, 1.82) is 0 Å². The monoisotopic (exact) mass is 521 g/mol. The summed E-state index contributed by atoms with van der Waals surface area (Å²) in [7, 11) is 0. The molecule has 1 aliphatic heterocycles. The lowest BCUT2D eigenvalue weighted by molar-refractivity contribution is 0.0746. The van der Waals surface area contributed by atoms with Crippen LogP contribution in [0.2, 0.25) is 0 Å². The van der Waals surface area contributed by atoms with Gasteiger partial charge in [-0.1, -0.05) is 110 Å². The molecule has 0 saturated carbocycles. The number of ether oxygens (including phenoxy) is 1. The van der Waals surface area contributed by atoms with Crippen molar-refractivity contribution < 1.29 is 19.4 Å². The first-order chi connectivity index (χ1) is 19.1. The minimum absolute atomic E-state index is 0.0766. The van der Waals surface area contributed by atoms with Gasteiger partial charge in [0, 0.05) is 35.5 Å². The molecule has 1 aliphatic rings. The molecule has 0 amide bonds. The molecule has 200 valence electrons. The van der Waals surface area contributed by atoms with E-state index in [9.17, 15) is 14.7 Å². The number of ketones is 2. The molecule has 4 aromatic carbocycles. The number of anilines is 1. The van der Waals surface area contributed by atoms with Crippen molar-refractivity contribution in [2.75, 3.05) is 31.2 Å². The largest absolute Gasteiger partial charge is 0.380 e. The molecule has 0 aliphatic carbocycles. The van der Waals surface area contributed by atoms with E-state index in [-0.39, 0.29) is 11.6 Å². The molecule has 0 aromatic heterocycles. The van der Waals surface area contributed by atoms with E-state index in [0.29, 0.717) is 24.3 Å². The second-order valence-electron chi connectivity index (χ2n) is 9.40. The molecule has 1 N–H and O–H groups in total. The third-order valence-electron chi connectivity index (χ3n) is 6.70. The van der Waals surface area contributed by atoms with Crippen molar-refractivity contribution in [1.82, 2.24) is 0 Å². The van der Waals surface area contributed by atoms with Crippen LogP contribution in [0, 0.1) is 0 Å². The Morgan fingerprint density at radius 2 is 1.33 bits per heavy atom. The van der Waals surface area contributed by atoms with Crippen LogP contribution in [0.1, 0.15) is 56.9 Å². The average Bonchev–Trinajstić information content (AvgIpc) is 3.02. The number of aryl methyl sites for hydroxylation is 1. The zero-order chi connectivity index (χ0) is 27.5. The van der Waals surface area contributed by atoms with Gasteiger partial charge in [-0.05, 0) is 29.7 Å². The Balaban J connectivity index is 0.000000181. The summed E-state index contributed by atoms with van der Waals surface area (Å²) in [5.41, 5.74) is 4.77. The fourth-order valence-corrected chi connectivity index (χ4v) is 4.67. The highest BCUT2D eigenvalue weighted by atomic mass is 16.5. The van der Waals surface area contributed by atoms with Gasteiger partial charge in [-0.3, -0.25) is 9.59 Å². The van der Waals surface area contributed by atoms with Crippen LogP contribution in [-0.2, 0) is 11.2 Å². The molecule has 1 unspecified atom stereocenters. The number of rotatable bonds is 8. The number of nitrogens with zero attached hydrogens (tertiary/aromatic N) is 1. The molecule has 0 spiro atoms. The number of Topliss-reactive ketones (excluding diaryl/α,β-unsaturated/α-hetero) is 1. The summed E-state index contributed by atoms with van der Waals surface area (Å²) in [6, 6.07) is 33.8. The molecule has 1 saturated heterocycles. The summed E-state index contributed by atoms with van der Waals surface area (Å²) in [5.74, 6) is -0.150. The Bertz CT molecular complexity index is 1350. The van der Waals surface area contributed by atoms with Crippen molar-refractivity contribution in [3.63, 3.8) is 0 Å². The third-order valence-corrected chi connectivity index (χ3v) is 6.70. The van der Waals surface area contributed by atoms with Crippen molar-refractivity contribution in [3.05, 3.63) is 137 Å². The molecular weight excluding hydrogens is 486 g/mol. The maximum absolute atomic E-state index is 12.7. The number of para-hydroxylation sites is 1. The molecule has 5 heteroatoms. The number of hydrogen-bond acceptors (Lipinski definition) is 5. The number of carbonyl (C=O) groups is 2. The number of aliphatic hydroxyl groups excluding tert-OH is 1. The predicted octanol–water partition coefficient (Wildman–Crippen LogP) is 6.31. The number of morpholine rings is 1. The first-order valence-corrected chi connectivity index (χ1v) is 13.5. The Morgan fingerprint density at radius 3 is 2.00 bits per heavy atom. The van der Waals surface area contributed by atoms with Crippen molar-refractivity contribution >= 4 is 17.3 Å². The highest BCUT2D eigenvalue weighted by Gasteiger charge is 2.21. The molecule has 0 radical (unpaired) electrons. The van der Waals surface area contributed by atoms with Crippen molar-refractivity contribution in [2.45, 2.75) is 25.9 Å². The Kier molecular flexibility index (Phi) is 10.2. The highest BCUT2D eigenvalue weighted by molar-refractivity contribution is 6.12. The lowest BCUT2D eigenvalue weighted by atomic mass is 9.94. The van der Waals surface area contributed by atoms with Crippen LogP contribution >= 0.6 is 0 Å². The van der Waals surface area contributed by atoms with Crippen LogP contribution in [0.25, 0.3) is 0 Å². The summed E-state index contributed by atoms with van der Waals surface area (Å²) in [6.45, 7) is 5.18. The maximum atomic E-state index is 12.7. The van der Waals surface area contributed by atoms with Gasteiger partial charge in [0.2, 0.25) is 0 Å². The van der Waals surface area contributed by atoms with E-state index in [2.05, 4.69) is 11.8 Å². The number of hydrogen-bond donors (Lipinski definition) is 1. The molecule has 5 nitrogen and oxygen atoms in total. The van der Waals surface area contributed by atoms with Crippen LogP contribution in [0.4, 0.5) is 5.69 Å². The number of benzene rings is 4. The molecule has 4 aromatic rings. The topological polar surface area (TPSA) is 66.8 Å². The molecule has 39 heavy (non-hydrogen) atoms.